The molecule has 3 saturated carbocycles. The fourth-order valence-corrected chi connectivity index (χ4v) is 3.73. The van der Waals surface area contributed by atoms with Crippen LogP contribution in [0.4, 0.5) is 13.2 Å². The van der Waals surface area contributed by atoms with Crippen LogP contribution in [-0.4, -0.2) is 20.8 Å². The molecular formula is C13H10F3N3O. The Morgan fingerprint density at radius 3 is 2.50 bits per heavy atom. The van der Waals surface area contributed by atoms with E-state index in [2.05, 4.69) is 10.1 Å². The third-order valence-corrected chi connectivity index (χ3v) is 4.69. The van der Waals surface area contributed by atoms with E-state index in [0.717, 1.165) is 4.52 Å². The molecule has 0 N–H and O–H groups in total. The van der Waals surface area contributed by atoms with Crippen LogP contribution in [0.25, 0.3) is 5.65 Å². The van der Waals surface area contributed by atoms with Gasteiger partial charge in [0.2, 0.25) is 0 Å². The maximum Gasteiger partial charge on any atom is 0.394 e. The van der Waals surface area contributed by atoms with Gasteiger partial charge in [0.05, 0.1) is 5.41 Å². The van der Waals surface area contributed by atoms with Crippen LogP contribution in [-0.2, 0) is 5.41 Å². The Balaban J connectivity index is 1.81. The lowest BCUT2D eigenvalue weighted by molar-refractivity contribution is -0.336. The highest BCUT2D eigenvalue weighted by Gasteiger charge is 2.79. The van der Waals surface area contributed by atoms with Gasteiger partial charge in [-0.2, -0.15) is 22.8 Å². The molecule has 3 aliphatic rings. The quantitative estimate of drug-likeness (QED) is 0.804. The first-order valence-electron chi connectivity index (χ1n) is 6.27. The summed E-state index contributed by atoms with van der Waals surface area (Å²) in [5.74, 6) is 0. The molecule has 3 fully saturated rings. The van der Waals surface area contributed by atoms with Crippen molar-refractivity contribution >= 4 is 5.65 Å². The monoisotopic (exact) mass is 281 g/mol. The molecule has 4 nitrogen and oxygen atoms in total. The molecular weight excluding hydrogens is 271 g/mol. The van der Waals surface area contributed by atoms with Crippen molar-refractivity contribution in [3.05, 3.63) is 40.4 Å². The van der Waals surface area contributed by atoms with E-state index in [9.17, 15) is 18.0 Å². The molecule has 104 valence electrons. The van der Waals surface area contributed by atoms with E-state index >= 15 is 0 Å². The lowest BCUT2D eigenvalue weighted by atomic mass is 9.33. The Labute approximate surface area is 111 Å². The van der Waals surface area contributed by atoms with Gasteiger partial charge in [-0.05, 0) is 25.3 Å². The summed E-state index contributed by atoms with van der Waals surface area (Å²) in [4.78, 5) is 15.8. The second kappa shape index (κ2) is 3.21. The van der Waals surface area contributed by atoms with E-state index < -0.39 is 17.0 Å². The number of nitrogens with zero attached hydrogens (tertiary/aromatic N) is 3. The van der Waals surface area contributed by atoms with Gasteiger partial charge < -0.3 is 0 Å². The average molecular weight is 281 g/mol. The van der Waals surface area contributed by atoms with Gasteiger partial charge in [0.15, 0.2) is 5.65 Å². The number of rotatable bonds is 1. The minimum absolute atomic E-state index is 0.0912. The van der Waals surface area contributed by atoms with Crippen LogP contribution in [0.5, 0.6) is 0 Å². The topological polar surface area (TPSA) is 47.3 Å². The normalized spacial score (nSPS) is 31.8. The highest BCUT2D eigenvalue weighted by Crippen LogP contribution is 2.78. The van der Waals surface area contributed by atoms with Gasteiger partial charge in [-0.25, -0.2) is 4.98 Å². The molecule has 0 aromatic carbocycles. The van der Waals surface area contributed by atoms with Gasteiger partial charge in [0.1, 0.15) is 0 Å². The molecule has 0 unspecified atom stereocenters. The fraction of sp³-hybridized carbons (Fsp3) is 0.462. The standard InChI is InChI=1S/C13H10F3N3O/c14-13(15,16)12-5-11(6-12,7-12)8-1-4-18-19-9(20)2-3-17-10(8)19/h1-4H,5-7H2. The summed E-state index contributed by atoms with van der Waals surface area (Å²) in [6.45, 7) is 0. The van der Waals surface area contributed by atoms with E-state index in [1.54, 1.807) is 6.07 Å². The summed E-state index contributed by atoms with van der Waals surface area (Å²) in [7, 11) is 0. The van der Waals surface area contributed by atoms with Crippen molar-refractivity contribution in [3.8, 4) is 0 Å². The molecule has 2 aromatic heterocycles. The van der Waals surface area contributed by atoms with Crippen LogP contribution >= 0.6 is 0 Å². The molecule has 2 heterocycles. The average Bonchev–Trinajstić information content (AvgIpc) is 2.25. The van der Waals surface area contributed by atoms with E-state index in [1.807, 2.05) is 0 Å². The van der Waals surface area contributed by atoms with Crippen LogP contribution < -0.4 is 5.56 Å². The van der Waals surface area contributed by atoms with Gasteiger partial charge in [0, 0.05) is 29.4 Å². The first-order valence-corrected chi connectivity index (χ1v) is 6.27. The third-order valence-electron chi connectivity index (χ3n) is 4.69. The van der Waals surface area contributed by atoms with Crippen LogP contribution in [0.2, 0.25) is 0 Å². The molecule has 0 saturated heterocycles. The SMILES string of the molecule is O=c1ccnc2c(C34CC(C(F)(F)F)(C3)C4)ccnn12. The second-order valence-electron chi connectivity index (χ2n) is 5.85. The van der Waals surface area contributed by atoms with Gasteiger partial charge in [-0.1, -0.05) is 0 Å². The highest BCUT2D eigenvalue weighted by molar-refractivity contribution is 5.55. The second-order valence-corrected chi connectivity index (χ2v) is 5.85. The van der Waals surface area contributed by atoms with E-state index in [1.165, 1.54) is 18.5 Å². The van der Waals surface area contributed by atoms with Crippen molar-refractivity contribution in [1.82, 2.24) is 14.6 Å². The Bertz CT molecular complexity index is 760. The zero-order valence-corrected chi connectivity index (χ0v) is 10.3. The number of alkyl halides is 3. The summed E-state index contributed by atoms with van der Waals surface area (Å²) < 4.78 is 39.9. The van der Waals surface area contributed by atoms with Crippen molar-refractivity contribution in [2.75, 3.05) is 0 Å². The maximum atomic E-state index is 12.9. The summed E-state index contributed by atoms with van der Waals surface area (Å²) in [5.41, 5.74) is -1.24. The molecule has 3 aliphatic carbocycles. The highest BCUT2D eigenvalue weighted by atomic mass is 19.4. The predicted octanol–water partition coefficient (Wildman–Crippen LogP) is 2.07. The van der Waals surface area contributed by atoms with E-state index in [-0.39, 0.29) is 24.8 Å². The molecule has 5 rings (SSSR count). The molecule has 0 atom stereocenters. The molecule has 0 spiro atoms. The minimum Gasteiger partial charge on any atom is -0.267 e. The van der Waals surface area contributed by atoms with Gasteiger partial charge in [-0.15, -0.1) is 0 Å². The third kappa shape index (κ3) is 1.21. The van der Waals surface area contributed by atoms with E-state index in [4.69, 9.17) is 0 Å². The molecule has 0 amide bonds. The van der Waals surface area contributed by atoms with Crippen LogP contribution in [0, 0.1) is 5.41 Å². The lowest BCUT2D eigenvalue weighted by Gasteiger charge is -2.70. The molecule has 2 bridgehead atoms. The first-order chi connectivity index (χ1) is 9.37. The van der Waals surface area contributed by atoms with Crippen molar-refractivity contribution in [3.63, 3.8) is 0 Å². The van der Waals surface area contributed by atoms with Crippen molar-refractivity contribution in [2.24, 2.45) is 5.41 Å². The summed E-state index contributed by atoms with van der Waals surface area (Å²) in [6.07, 6.45) is -1.04. The van der Waals surface area contributed by atoms with Crippen molar-refractivity contribution in [1.29, 1.82) is 0 Å². The zero-order valence-electron chi connectivity index (χ0n) is 10.3. The van der Waals surface area contributed by atoms with Gasteiger partial charge in [0.25, 0.3) is 5.56 Å². The smallest absolute Gasteiger partial charge is 0.267 e. The Hall–Kier alpha value is -1.92. The van der Waals surface area contributed by atoms with Crippen LogP contribution in [0.15, 0.2) is 29.3 Å². The first kappa shape index (κ1) is 11.9. The summed E-state index contributed by atoms with van der Waals surface area (Å²) in [6, 6.07) is 2.96. The Kier molecular flexibility index (Phi) is 1.91. The van der Waals surface area contributed by atoms with E-state index in [0.29, 0.717) is 11.2 Å². The van der Waals surface area contributed by atoms with Crippen LogP contribution in [0.1, 0.15) is 24.8 Å². The number of hydrogen-bond acceptors (Lipinski definition) is 3. The Morgan fingerprint density at radius 2 is 1.85 bits per heavy atom. The number of hydrogen-bond donors (Lipinski definition) is 0. The maximum absolute atomic E-state index is 12.9. The van der Waals surface area contributed by atoms with Crippen LogP contribution in [0.3, 0.4) is 0 Å². The number of aromatic nitrogens is 3. The van der Waals surface area contributed by atoms with Gasteiger partial charge in [-0.3, -0.25) is 4.79 Å². The summed E-state index contributed by atoms with van der Waals surface area (Å²) >= 11 is 0. The number of fused-ring (bicyclic) bond motifs is 1. The Morgan fingerprint density at radius 1 is 1.15 bits per heavy atom. The van der Waals surface area contributed by atoms with Gasteiger partial charge >= 0.3 is 6.18 Å². The van der Waals surface area contributed by atoms with Crippen molar-refractivity contribution < 1.29 is 13.2 Å². The minimum atomic E-state index is -4.14. The molecule has 0 radical (unpaired) electrons. The lowest BCUT2D eigenvalue weighted by Crippen LogP contribution is -2.70. The summed E-state index contributed by atoms with van der Waals surface area (Å²) in [5, 5.41) is 3.92. The molecule has 7 heteroatoms. The predicted molar refractivity (Wildman–Crippen MR) is 63.3 cm³/mol. The zero-order chi connectivity index (χ0) is 14.2. The largest absolute Gasteiger partial charge is 0.394 e. The fourth-order valence-electron chi connectivity index (χ4n) is 3.73. The molecule has 2 aromatic rings. The number of halogens is 3. The molecule has 0 aliphatic heterocycles. The van der Waals surface area contributed by atoms with Crippen molar-refractivity contribution in [2.45, 2.75) is 30.9 Å². The molecule has 20 heavy (non-hydrogen) atoms.